The molecule has 9 heteroatoms. The molecule has 1 aromatic carbocycles. The van der Waals surface area contributed by atoms with Crippen molar-refractivity contribution in [1.82, 2.24) is 20.1 Å². The molecule has 2 aromatic rings. The van der Waals surface area contributed by atoms with Gasteiger partial charge in [0.15, 0.2) is 11.4 Å². The predicted octanol–water partition coefficient (Wildman–Crippen LogP) is 2.00. The van der Waals surface area contributed by atoms with Crippen molar-refractivity contribution in [2.45, 2.75) is 24.6 Å². The molecule has 1 fully saturated rings. The summed E-state index contributed by atoms with van der Waals surface area (Å²) in [5.74, 6) is 0.121. The molecule has 6 nitrogen and oxygen atoms in total. The quantitative estimate of drug-likeness (QED) is 0.876. The molecule has 3 rings (SSSR count). The van der Waals surface area contributed by atoms with E-state index in [0.29, 0.717) is 17.0 Å². The lowest BCUT2D eigenvalue weighted by molar-refractivity contribution is -0.271. The third kappa shape index (κ3) is 2.99. The van der Waals surface area contributed by atoms with Crippen molar-refractivity contribution < 1.29 is 23.1 Å². The van der Waals surface area contributed by atoms with Crippen molar-refractivity contribution in [3.8, 4) is 11.4 Å². The molecule has 24 heavy (non-hydrogen) atoms. The highest BCUT2D eigenvalue weighted by molar-refractivity contribution is 5.95. The first-order valence-corrected chi connectivity index (χ1v) is 7.34. The number of aromatic nitrogens is 3. The van der Waals surface area contributed by atoms with Crippen molar-refractivity contribution in [1.29, 1.82) is 0 Å². The molecule has 1 amide bonds. The smallest absolute Gasteiger partial charge is 0.380 e. The van der Waals surface area contributed by atoms with Gasteiger partial charge in [-0.1, -0.05) is 12.1 Å². The molecule has 2 heterocycles. The normalized spacial score (nSPS) is 17.8. The first-order chi connectivity index (χ1) is 11.3. The number of H-pyrrole nitrogens is 1. The zero-order chi connectivity index (χ0) is 17.4. The Kier molecular flexibility index (Phi) is 4.04. The number of nitrogens with zero attached hydrogens (tertiary/aromatic N) is 3. The Morgan fingerprint density at radius 1 is 1.29 bits per heavy atom. The molecule has 0 atom stereocenters. The number of alkyl halides is 3. The van der Waals surface area contributed by atoms with Crippen LogP contribution in [0.5, 0.6) is 0 Å². The summed E-state index contributed by atoms with van der Waals surface area (Å²) < 4.78 is 38.5. The minimum Gasteiger partial charge on any atom is -0.380 e. The Morgan fingerprint density at radius 2 is 2.00 bits per heavy atom. The van der Waals surface area contributed by atoms with Gasteiger partial charge in [0.05, 0.1) is 0 Å². The molecule has 0 radical (unpaired) electrons. The maximum absolute atomic E-state index is 12.8. The van der Waals surface area contributed by atoms with E-state index in [1.165, 1.54) is 11.2 Å². The van der Waals surface area contributed by atoms with Crippen LogP contribution in [0.2, 0.25) is 0 Å². The summed E-state index contributed by atoms with van der Waals surface area (Å²) in [6, 6.07) is 6.61. The van der Waals surface area contributed by atoms with Gasteiger partial charge in [-0.3, -0.25) is 9.89 Å². The molecule has 1 aliphatic heterocycles. The number of likely N-dealkylation sites (tertiary alicyclic amines) is 1. The number of carbonyl (C=O) groups excluding carboxylic acids is 1. The van der Waals surface area contributed by atoms with E-state index in [2.05, 4.69) is 15.2 Å². The van der Waals surface area contributed by atoms with Crippen LogP contribution in [0.1, 0.15) is 23.2 Å². The SMILES string of the molecule is O=C(c1cccc(-c2ncn[nH]2)c1)N1CCC(O)(C(F)(F)F)CC1. The molecule has 1 aliphatic rings. The van der Waals surface area contributed by atoms with Gasteiger partial charge in [0, 0.05) is 37.1 Å². The van der Waals surface area contributed by atoms with E-state index in [1.54, 1.807) is 24.3 Å². The van der Waals surface area contributed by atoms with E-state index < -0.39 is 24.6 Å². The van der Waals surface area contributed by atoms with Gasteiger partial charge in [-0.15, -0.1) is 0 Å². The second-order valence-electron chi connectivity index (χ2n) is 5.74. The van der Waals surface area contributed by atoms with Gasteiger partial charge < -0.3 is 10.0 Å². The van der Waals surface area contributed by atoms with Crippen LogP contribution in [0.4, 0.5) is 13.2 Å². The fourth-order valence-electron chi connectivity index (χ4n) is 2.69. The fraction of sp³-hybridized carbons (Fsp3) is 0.400. The van der Waals surface area contributed by atoms with Crippen LogP contribution in [0.15, 0.2) is 30.6 Å². The number of hydrogen-bond donors (Lipinski definition) is 2. The van der Waals surface area contributed by atoms with Crippen molar-refractivity contribution in [3.63, 3.8) is 0 Å². The molecule has 2 N–H and O–H groups in total. The van der Waals surface area contributed by atoms with E-state index in [9.17, 15) is 23.1 Å². The third-order valence-corrected chi connectivity index (χ3v) is 4.20. The Labute approximate surface area is 135 Å². The van der Waals surface area contributed by atoms with Gasteiger partial charge in [0.25, 0.3) is 5.91 Å². The molecule has 0 spiro atoms. The van der Waals surface area contributed by atoms with Gasteiger partial charge >= 0.3 is 6.18 Å². The highest BCUT2D eigenvalue weighted by Crippen LogP contribution is 2.38. The maximum Gasteiger partial charge on any atom is 0.417 e. The monoisotopic (exact) mass is 340 g/mol. The molecule has 0 unspecified atom stereocenters. The van der Waals surface area contributed by atoms with Crippen LogP contribution in [0.25, 0.3) is 11.4 Å². The van der Waals surface area contributed by atoms with E-state index in [0.717, 1.165) is 0 Å². The van der Waals surface area contributed by atoms with Gasteiger partial charge in [-0.2, -0.15) is 18.3 Å². The van der Waals surface area contributed by atoms with Crippen molar-refractivity contribution in [3.05, 3.63) is 36.2 Å². The summed E-state index contributed by atoms with van der Waals surface area (Å²) in [6.07, 6.45) is -4.39. The second-order valence-corrected chi connectivity index (χ2v) is 5.74. The van der Waals surface area contributed by atoms with Crippen LogP contribution in [0, 0.1) is 0 Å². The average Bonchev–Trinajstić information content (AvgIpc) is 3.08. The van der Waals surface area contributed by atoms with Crippen molar-refractivity contribution in [2.75, 3.05) is 13.1 Å². The summed E-state index contributed by atoms with van der Waals surface area (Å²) in [4.78, 5) is 17.8. The topological polar surface area (TPSA) is 82.1 Å². The van der Waals surface area contributed by atoms with Gasteiger partial charge in [-0.05, 0) is 12.1 Å². The standard InChI is InChI=1S/C15H15F3N4O2/c16-15(17,18)14(24)4-6-22(7-5-14)13(23)11-3-1-2-10(8-11)12-19-9-20-21-12/h1-3,8-9,24H,4-7H2,(H,19,20,21). The van der Waals surface area contributed by atoms with Crippen LogP contribution in [-0.2, 0) is 0 Å². The van der Waals surface area contributed by atoms with E-state index in [1.807, 2.05) is 0 Å². The Bertz CT molecular complexity index is 723. The summed E-state index contributed by atoms with van der Waals surface area (Å²) in [7, 11) is 0. The number of amides is 1. The number of aliphatic hydroxyl groups is 1. The predicted molar refractivity (Wildman–Crippen MR) is 78.0 cm³/mol. The number of halogens is 3. The summed E-state index contributed by atoms with van der Waals surface area (Å²) in [5.41, 5.74) is -1.71. The van der Waals surface area contributed by atoms with Gasteiger partial charge in [0.2, 0.25) is 0 Å². The molecular formula is C15H15F3N4O2. The molecule has 128 valence electrons. The Hall–Kier alpha value is -2.42. The lowest BCUT2D eigenvalue weighted by Gasteiger charge is -2.39. The zero-order valence-corrected chi connectivity index (χ0v) is 12.5. The van der Waals surface area contributed by atoms with E-state index in [-0.39, 0.29) is 19.0 Å². The molecule has 1 saturated heterocycles. The minimum atomic E-state index is -4.69. The van der Waals surface area contributed by atoms with Gasteiger partial charge in [-0.25, -0.2) is 4.98 Å². The number of hydrogen-bond acceptors (Lipinski definition) is 4. The number of carbonyl (C=O) groups is 1. The number of aromatic amines is 1. The number of nitrogens with one attached hydrogen (secondary N) is 1. The lowest BCUT2D eigenvalue weighted by atomic mass is 9.90. The van der Waals surface area contributed by atoms with Crippen LogP contribution in [0.3, 0.4) is 0 Å². The number of rotatable bonds is 2. The highest BCUT2D eigenvalue weighted by Gasteiger charge is 2.54. The van der Waals surface area contributed by atoms with Crippen LogP contribution < -0.4 is 0 Å². The Balaban J connectivity index is 1.74. The average molecular weight is 340 g/mol. The molecule has 0 aliphatic carbocycles. The molecule has 1 aromatic heterocycles. The number of benzene rings is 1. The maximum atomic E-state index is 12.8. The number of piperidine rings is 1. The first kappa shape index (κ1) is 16.4. The van der Waals surface area contributed by atoms with Crippen molar-refractivity contribution >= 4 is 5.91 Å². The van der Waals surface area contributed by atoms with Crippen LogP contribution >= 0.6 is 0 Å². The summed E-state index contributed by atoms with van der Waals surface area (Å²) >= 11 is 0. The highest BCUT2D eigenvalue weighted by atomic mass is 19.4. The minimum absolute atomic E-state index is 0.151. The lowest BCUT2D eigenvalue weighted by Crippen LogP contribution is -2.54. The van der Waals surface area contributed by atoms with E-state index in [4.69, 9.17) is 0 Å². The zero-order valence-electron chi connectivity index (χ0n) is 12.5. The van der Waals surface area contributed by atoms with Gasteiger partial charge in [0.1, 0.15) is 6.33 Å². The summed E-state index contributed by atoms with van der Waals surface area (Å²) in [6.45, 7) is -0.303. The molecule has 0 saturated carbocycles. The first-order valence-electron chi connectivity index (χ1n) is 7.34. The molecule has 0 bridgehead atoms. The largest absolute Gasteiger partial charge is 0.417 e. The third-order valence-electron chi connectivity index (χ3n) is 4.20. The Morgan fingerprint density at radius 3 is 2.58 bits per heavy atom. The summed E-state index contributed by atoms with van der Waals surface area (Å²) in [5, 5.41) is 16.1. The molecular weight excluding hydrogens is 325 g/mol. The van der Waals surface area contributed by atoms with Crippen LogP contribution in [-0.4, -0.2) is 56.0 Å². The fourth-order valence-corrected chi connectivity index (χ4v) is 2.69. The van der Waals surface area contributed by atoms with E-state index >= 15 is 0 Å². The second kappa shape index (κ2) is 5.90. The van der Waals surface area contributed by atoms with Crippen molar-refractivity contribution in [2.24, 2.45) is 0 Å².